The van der Waals surface area contributed by atoms with E-state index >= 15 is 0 Å². The maximum Gasteiger partial charge on any atom is 0.243 e. The van der Waals surface area contributed by atoms with Crippen LogP contribution >= 0.6 is 0 Å². The fraction of sp³-hybridized carbons (Fsp3) is 0.267. The number of rotatable bonds is 4. The smallest absolute Gasteiger partial charge is 0.243 e. The zero-order chi connectivity index (χ0) is 14.0. The van der Waals surface area contributed by atoms with Crippen LogP contribution in [0, 0.1) is 6.92 Å². The van der Waals surface area contributed by atoms with E-state index < -0.39 is 0 Å². The van der Waals surface area contributed by atoms with E-state index in [0.29, 0.717) is 0 Å². The molecule has 1 N–H and O–H groups in total. The minimum absolute atomic E-state index is 0.205. The second kappa shape index (κ2) is 5.18. The van der Waals surface area contributed by atoms with Crippen LogP contribution in [0.3, 0.4) is 0 Å². The van der Waals surface area contributed by atoms with Crippen LogP contribution in [0.15, 0.2) is 35.3 Å². The molecule has 4 nitrogen and oxygen atoms in total. The normalized spacial score (nSPS) is 12.2. The van der Waals surface area contributed by atoms with Crippen LogP contribution in [0.4, 0.5) is 0 Å². The summed E-state index contributed by atoms with van der Waals surface area (Å²) >= 11 is 0. The molecule has 2 rings (SSSR count). The molecule has 1 unspecified atom stereocenters. The quantitative estimate of drug-likeness (QED) is 0.858. The highest BCUT2D eigenvalue weighted by Gasteiger charge is 2.17. The monoisotopic (exact) mass is 259 g/mol. The summed E-state index contributed by atoms with van der Waals surface area (Å²) in [5.74, 6) is 1.31. The Balaban J connectivity index is 2.41. The van der Waals surface area contributed by atoms with Gasteiger partial charge in [0.15, 0.2) is 0 Å². The van der Waals surface area contributed by atoms with E-state index in [1.165, 1.54) is 6.08 Å². The lowest BCUT2D eigenvalue weighted by molar-refractivity contribution is -0.117. The van der Waals surface area contributed by atoms with Gasteiger partial charge in [-0.15, -0.1) is 0 Å². The van der Waals surface area contributed by atoms with Crippen molar-refractivity contribution < 1.29 is 13.9 Å². The van der Waals surface area contributed by atoms with Crippen LogP contribution in [0.1, 0.15) is 24.3 Å². The van der Waals surface area contributed by atoms with Gasteiger partial charge in [0.2, 0.25) is 5.91 Å². The van der Waals surface area contributed by atoms with Crippen LogP contribution < -0.4 is 10.1 Å². The summed E-state index contributed by atoms with van der Waals surface area (Å²) in [4.78, 5) is 11.3. The van der Waals surface area contributed by atoms with Gasteiger partial charge in [-0.3, -0.25) is 4.79 Å². The number of fused-ring (bicyclic) bond motifs is 1. The van der Waals surface area contributed by atoms with E-state index in [2.05, 4.69) is 11.9 Å². The third kappa shape index (κ3) is 2.47. The second-order valence-electron chi connectivity index (χ2n) is 4.39. The van der Waals surface area contributed by atoms with E-state index in [9.17, 15) is 4.79 Å². The summed E-state index contributed by atoms with van der Waals surface area (Å²) < 4.78 is 11.0. The van der Waals surface area contributed by atoms with Crippen LogP contribution in [-0.2, 0) is 4.79 Å². The highest BCUT2D eigenvalue weighted by Crippen LogP contribution is 2.31. The molecule has 0 aliphatic carbocycles. The average molecular weight is 259 g/mol. The van der Waals surface area contributed by atoms with Crippen molar-refractivity contribution in [3.05, 3.63) is 42.2 Å². The number of furan rings is 1. The molecule has 4 heteroatoms. The predicted molar refractivity (Wildman–Crippen MR) is 74.3 cm³/mol. The molecular formula is C15H17NO3. The van der Waals surface area contributed by atoms with Crippen molar-refractivity contribution in [3.8, 4) is 5.75 Å². The topological polar surface area (TPSA) is 51.5 Å². The van der Waals surface area contributed by atoms with Gasteiger partial charge in [0.25, 0.3) is 0 Å². The molecule has 1 aromatic heterocycles. The Labute approximate surface area is 112 Å². The molecule has 0 aliphatic heterocycles. The molecule has 1 atom stereocenters. The van der Waals surface area contributed by atoms with Gasteiger partial charge in [-0.05, 0) is 38.1 Å². The van der Waals surface area contributed by atoms with Crippen molar-refractivity contribution in [1.82, 2.24) is 5.32 Å². The van der Waals surface area contributed by atoms with Gasteiger partial charge >= 0.3 is 0 Å². The summed E-state index contributed by atoms with van der Waals surface area (Å²) in [5, 5.41) is 3.79. The van der Waals surface area contributed by atoms with Gasteiger partial charge in [-0.1, -0.05) is 6.58 Å². The minimum Gasteiger partial charge on any atom is -0.497 e. The van der Waals surface area contributed by atoms with Gasteiger partial charge < -0.3 is 14.5 Å². The van der Waals surface area contributed by atoms with Crippen molar-refractivity contribution in [2.75, 3.05) is 7.11 Å². The summed E-state index contributed by atoms with van der Waals surface area (Å²) in [6.07, 6.45) is 1.25. The number of carbonyl (C=O) groups excluding carboxylic acids is 1. The van der Waals surface area contributed by atoms with E-state index in [-0.39, 0.29) is 11.9 Å². The first-order chi connectivity index (χ1) is 9.06. The molecule has 0 aliphatic rings. The number of ether oxygens (including phenoxy) is 1. The van der Waals surface area contributed by atoms with Crippen LogP contribution in [0.2, 0.25) is 0 Å². The van der Waals surface area contributed by atoms with Gasteiger partial charge in [0, 0.05) is 10.9 Å². The molecule has 0 saturated heterocycles. The lowest BCUT2D eigenvalue weighted by Crippen LogP contribution is -2.24. The number of hydrogen-bond donors (Lipinski definition) is 1. The Bertz CT molecular complexity index is 628. The lowest BCUT2D eigenvalue weighted by atomic mass is 10.1. The summed E-state index contributed by atoms with van der Waals surface area (Å²) in [5.41, 5.74) is 1.79. The third-order valence-electron chi connectivity index (χ3n) is 3.12. The first kappa shape index (κ1) is 13.2. The molecule has 0 radical (unpaired) electrons. The van der Waals surface area contributed by atoms with Crippen molar-refractivity contribution in [2.24, 2.45) is 0 Å². The maximum absolute atomic E-state index is 11.3. The zero-order valence-corrected chi connectivity index (χ0v) is 11.3. The molecule has 1 aromatic carbocycles. The van der Waals surface area contributed by atoms with Gasteiger partial charge in [0.05, 0.1) is 13.2 Å². The highest BCUT2D eigenvalue weighted by molar-refractivity contribution is 5.88. The number of aryl methyl sites for hydroxylation is 1. The fourth-order valence-corrected chi connectivity index (χ4v) is 2.10. The van der Waals surface area contributed by atoms with E-state index in [1.807, 2.05) is 32.0 Å². The van der Waals surface area contributed by atoms with E-state index in [1.54, 1.807) is 7.11 Å². The van der Waals surface area contributed by atoms with Crippen molar-refractivity contribution in [3.63, 3.8) is 0 Å². The van der Waals surface area contributed by atoms with Gasteiger partial charge in [-0.25, -0.2) is 0 Å². The molecule has 100 valence electrons. The van der Waals surface area contributed by atoms with Gasteiger partial charge in [0.1, 0.15) is 17.1 Å². The molecular weight excluding hydrogens is 242 g/mol. The number of methoxy groups -OCH3 is 1. The summed E-state index contributed by atoms with van der Waals surface area (Å²) in [6, 6.07) is 5.44. The lowest BCUT2D eigenvalue weighted by Gasteiger charge is -2.10. The number of hydrogen-bond acceptors (Lipinski definition) is 3. The molecule has 19 heavy (non-hydrogen) atoms. The Morgan fingerprint density at radius 3 is 2.89 bits per heavy atom. The fourth-order valence-electron chi connectivity index (χ4n) is 2.10. The van der Waals surface area contributed by atoms with Crippen molar-refractivity contribution in [2.45, 2.75) is 19.9 Å². The molecule has 1 heterocycles. The summed E-state index contributed by atoms with van der Waals surface area (Å²) in [7, 11) is 1.63. The maximum atomic E-state index is 11.3. The van der Waals surface area contributed by atoms with Crippen molar-refractivity contribution >= 4 is 16.9 Å². The number of benzene rings is 1. The predicted octanol–water partition coefficient (Wildman–Crippen LogP) is 3.11. The molecule has 1 amide bonds. The van der Waals surface area contributed by atoms with Crippen LogP contribution in [0.5, 0.6) is 5.75 Å². The van der Waals surface area contributed by atoms with Gasteiger partial charge in [-0.2, -0.15) is 0 Å². The Morgan fingerprint density at radius 2 is 2.26 bits per heavy atom. The number of carbonyl (C=O) groups is 1. The Hall–Kier alpha value is -2.23. The van der Waals surface area contributed by atoms with Crippen LogP contribution in [0.25, 0.3) is 11.0 Å². The SMILES string of the molecule is C=CC(=O)NC(C)c1oc2ccc(OC)cc2c1C. The second-order valence-corrected chi connectivity index (χ2v) is 4.39. The standard InChI is InChI=1S/C15H17NO3/c1-5-14(17)16-10(3)15-9(2)12-8-11(18-4)6-7-13(12)19-15/h5-8,10H,1H2,2-4H3,(H,16,17). The van der Waals surface area contributed by atoms with Crippen LogP contribution in [-0.4, -0.2) is 13.0 Å². The van der Waals surface area contributed by atoms with Crippen molar-refractivity contribution in [1.29, 1.82) is 0 Å². The first-order valence-electron chi connectivity index (χ1n) is 6.06. The van der Waals surface area contributed by atoms with E-state index in [0.717, 1.165) is 28.0 Å². The molecule has 0 spiro atoms. The molecule has 0 fully saturated rings. The number of amides is 1. The third-order valence-corrected chi connectivity index (χ3v) is 3.12. The molecule has 0 bridgehead atoms. The first-order valence-corrected chi connectivity index (χ1v) is 6.06. The molecule has 0 saturated carbocycles. The van der Waals surface area contributed by atoms with E-state index in [4.69, 9.17) is 9.15 Å². The number of nitrogens with one attached hydrogen (secondary N) is 1. The minimum atomic E-state index is -0.218. The average Bonchev–Trinajstić information content (AvgIpc) is 2.75. The largest absolute Gasteiger partial charge is 0.497 e. The zero-order valence-electron chi connectivity index (χ0n) is 11.3. The summed E-state index contributed by atoms with van der Waals surface area (Å²) in [6.45, 7) is 7.28. The Morgan fingerprint density at radius 1 is 1.53 bits per heavy atom. The Kier molecular flexibility index (Phi) is 3.60. The molecule has 2 aromatic rings. The highest BCUT2D eigenvalue weighted by atomic mass is 16.5.